The Morgan fingerprint density at radius 3 is 2.44 bits per heavy atom. The summed E-state index contributed by atoms with van der Waals surface area (Å²) in [5.41, 5.74) is 6.69. The number of halogens is 2. The normalized spacial score (nSPS) is 17.2. The molecule has 2 aliphatic rings. The monoisotopic (exact) mass is 657 g/mol. The van der Waals surface area contributed by atoms with Gasteiger partial charge in [0.1, 0.15) is 18.8 Å². The van der Waals surface area contributed by atoms with Crippen molar-refractivity contribution in [3.8, 4) is 0 Å². The van der Waals surface area contributed by atoms with Crippen molar-refractivity contribution in [1.82, 2.24) is 10.2 Å². The van der Waals surface area contributed by atoms with Crippen LogP contribution in [-0.4, -0.2) is 97.9 Å². The largest absolute Gasteiger partial charge is 0.442 e. The summed E-state index contributed by atoms with van der Waals surface area (Å²) in [6, 6.07) is 8.96. The van der Waals surface area contributed by atoms with Crippen LogP contribution in [0.2, 0.25) is 4.34 Å². The van der Waals surface area contributed by atoms with Gasteiger partial charge < -0.3 is 30.5 Å². The molecule has 1 aromatic heterocycles. The Bertz CT molecular complexity index is 1310. The lowest BCUT2D eigenvalue weighted by Gasteiger charge is -2.27. The molecule has 0 aliphatic carbocycles. The van der Waals surface area contributed by atoms with E-state index in [-0.39, 0.29) is 55.9 Å². The molecule has 43 heavy (non-hydrogen) atoms. The van der Waals surface area contributed by atoms with Crippen molar-refractivity contribution < 1.29 is 38.6 Å². The number of nitrogens with one attached hydrogen (secondary N) is 1. The number of anilines is 2. The fourth-order valence-electron chi connectivity index (χ4n) is 4.46. The number of carbonyl (C=O) groups is 5. The fourth-order valence-corrected chi connectivity index (χ4v) is 5.45. The first-order valence-corrected chi connectivity index (χ1v) is 14.6. The van der Waals surface area contributed by atoms with Crippen molar-refractivity contribution in [1.29, 1.82) is 0 Å². The first-order valence-electron chi connectivity index (χ1n) is 13.4. The van der Waals surface area contributed by atoms with E-state index in [2.05, 4.69) is 5.32 Å². The van der Waals surface area contributed by atoms with Gasteiger partial charge in [-0.05, 0) is 49.2 Å². The maximum absolute atomic E-state index is 13.3. The smallest absolute Gasteiger partial charge is 0.414 e. The molecular weight excluding hydrogens is 625 g/mol. The average molecular weight is 659 g/mol. The van der Waals surface area contributed by atoms with E-state index in [0.29, 0.717) is 41.7 Å². The lowest BCUT2D eigenvalue weighted by atomic mass is 10.2. The van der Waals surface area contributed by atoms with E-state index < -0.39 is 42.6 Å². The van der Waals surface area contributed by atoms with E-state index >= 15 is 0 Å². The molecule has 234 valence electrons. The molecule has 4 rings (SSSR count). The van der Waals surface area contributed by atoms with Gasteiger partial charge in [-0.15, -0.1) is 23.7 Å². The number of benzene rings is 1. The number of ether oxygens (including phenoxy) is 2. The standard InChI is InChI=1S/C27H32ClN5O8S.ClH/c28-22-9-8-21(42-22)26(38)33(23(35)3-1-2-10-30-25(37)20(29)15-34)14-19-13-32(27(39)41-19)18-6-4-17(5-7-18)31-11-12-40-16-24(31)36;/h4-9,19-20,34H,1-3,10-16,29H2,(H,30,37);1H/t19-,20+;/m1./s1. The second kappa shape index (κ2) is 16.0. The lowest BCUT2D eigenvalue weighted by Crippen LogP contribution is -2.43. The maximum atomic E-state index is 13.3. The molecule has 1 aromatic carbocycles. The van der Waals surface area contributed by atoms with Crippen LogP contribution in [0.25, 0.3) is 0 Å². The van der Waals surface area contributed by atoms with Gasteiger partial charge in [-0.25, -0.2) is 4.79 Å². The number of morpholine rings is 1. The number of carbonyl (C=O) groups excluding carboxylic acids is 5. The summed E-state index contributed by atoms with van der Waals surface area (Å²) in [5, 5.41) is 11.5. The minimum atomic E-state index is -1.02. The van der Waals surface area contributed by atoms with E-state index in [1.807, 2.05) is 0 Å². The zero-order chi connectivity index (χ0) is 30.2. The molecule has 2 fully saturated rings. The maximum Gasteiger partial charge on any atom is 0.414 e. The summed E-state index contributed by atoms with van der Waals surface area (Å²) in [5.74, 6) is -1.65. The van der Waals surface area contributed by atoms with Crippen molar-refractivity contribution in [2.24, 2.45) is 5.73 Å². The van der Waals surface area contributed by atoms with Crippen molar-refractivity contribution in [3.63, 3.8) is 0 Å². The van der Waals surface area contributed by atoms with Crippen LogP contribution in [0.4, 0.5) is 16.2 Å². The van der Waals surface area contributed by atoms with Crippen LogP contribution in [-0.2, 0) is 23.9 Å². The molecule has 2 aromatic rings. The van der Waals surface area contributed by atoms with Gasteiger partial charge in [0.15, 0.2) is 0 Å². The minimum Gasteiger partial charge on any atom is -0.442 e. The number of hydrogen-bond acceptors (Lipinski definition) is 10. The highest BCUT2D eigenvalue weighted by Crippen LogP contribution is 2.27. The summed E-state index contributed by atoms with van der Waals surface area (Å²) in [6.07, 6.45) is -0.567. The number of nitrogens with zero attached hydrogens (tertiary/aromatic N) is 3. The van der Waals surface area contributed by atoms with Gasteiger partial charge in [-0.2, -0.15) is 0 Å². The SMILES string of the molecule is Cl.N[C@@H](CO)C(=O)NCCCCC(=O)N(C[C@H]1CN(c2ccc(N3CCOCC3=O)cc2)C(=O)O1)C(=O)c1ccc(Cl)s1. The van der Waals surface area contributed by atoms with E-state index in [4.69, 9.17) is 31.9 Å². The minimum absolute atomic E-state index is 0. The molecule has 5 amide bonds. The molecule has 2 atom stereocenters. The number of aliphatic hydroxyl groups excluding tert-OH is 1. The molecule has 0 saturated carbocycles. The first kappa shape index (κ1) is 34.2. The second-order valence-electron chi connectivity index (χ2n) is 9.68. The topological polar surface area (TPSA) is 172 Å². The Morgan fingerprint density at radius 2 is 1.81 bits per heavy atom. The summed E-state index contributed by atoms with van der Waals surface area (Å²) >= 11 is 7.05. The molecule has 13 nitrogen and oxygen atoms in total. The Kier molecular flexibility index (Phi) is 12.7. The molecular formula is C27H33Cl2N5O8S. The Balaban J connectivity index is 0.00000506. The van der Waals surface area contributed by atoms with Crippen LogP contribution in [0, 0.1) is 0 Å². The number of amides is 5. The summed E-state index contributed by atoms with van der Waals surface area (Å²) in [7, 11) is 0. The van der Waals surface area contributed by atoms with Crippen molar-refractivity contribution in [2.45, 2.75) is 31.4 Å². The highest BCUT2D eigenvalue weighted by atomic mass is 35.5. The zero-order valence-corrected chi connectivity index (χ0v) is 25.5. The number of nitrogens with two attached hydrogens (primary N) is 1. The van der Waals surface area contributed by atoms with E-state index in [1.54, 1.807) is 35.2 Å². The lowest BCUT2D eigenvalue weighted by molar-refractivity contribution is -0.129. The van der Waals surface area contributed by atoms with Crippen molar-refractivity contribution >= 4 is 76.4 Å². The predicted molar refractivity (Wildman–Crippen MR) is 162 cm³/mol. The first-order chi connectivity index (χ1) is 20.2. The Hall–Kier alpha value is -3.27. The van der Waals surface area contributed by atoms with Gasteiger partial charge in [0, 0.05) is 30.9 Å². The summed E-state index contributed by atoms with van der Waals surface area (Å²) in [6.45, 7) is 0.621. The quantitative estimate of drug-likeness (QED) is 0.288. The molecule has 4 N–H and O–H groups in total. The van der Waals surface area contributed by atoms with Crippen LogP contribution in [0.15, 0.2) is 36.4 Å². The summed E-state index contributed by atoms with van der Waals surface area (Å²) in [4.78, 5) is 67.4. The van der Waals surface area contributed by atoms with Gasteiger partial charge in [-0.3, -0.25) is 29.0 Å². The summed E-state index contributed by atoms with van der Waals surface area (Å²) < 4.78 is 11.1. The number of unbranched alkanes of at least 4 members (excludes halogenated alkanes) is 1. The van der Waals surface area contributed by atoms with Crippen LogP contribution in [0.1, 0.15) is 28.9 Å². The number of imide groups is 1. The number of aliphatic hydroxyl groups is 1. The van der Waals surface area contributed by atoms with Crippen molar-refractivity contribution in [2.75, 3.05) is 55.8 Å². The third kappa shape index (κ3) is 8.87. The molecule has 0 radical (unpaired) electrons. The predicted octanol–water partition coefficient (Wildman–Crippen LogP) is 1.79. The molecule has 0 bridgehead atoms. The third-order valence-electron chi connectivity index (χ3n) is 6.70. The molecule has 16 heteroatoms. The third-order valence-corrected chi connectivity index (χ3v) is 7.92. The number of rotatable bonds is 12. The van der Waals surface area contributed by atoms with Gasteiger partial charge in [0.2, 0.25) is 11.8 Å². The van der Waals surface area contributed by atoms with Crippen LogP contribution >= 0.6 is 35.3 Å². The number of hydrogen-bond donors (Lipinski definition) is 3. The van der Waals surface area contributed by atoms with E-state index in [9.17, 15) is 24.0 Å². The van der Waals surface area contributed by atoms with Crippen LogP contribution < -0.4 is 20.9 Å². The Labute approximate surface area is 263 Å². The van der Waals surface area contributed by atoms with Gasteiger partial charge in [0.05, 0.1) is 35.5 Å². The van der Waals surface area contributed by atoms with Crippen molar-refractivity contribution in [3.05, 3.63) is 45.6 Å². The van der Waals surface area contributed by atoms with Crippen LogP contribution in [0.5, 0.6) is 0 Å². The van der Waals surface area contributed by atoms with Gasteiger partial charge >= 0.3 is 6.09 Å². The average Bonchev–Trinajstić information content (AvgIpc) is 3.59. The second-order valence-corrected chi connectivity index (χ2v) is 11.4. The highest BCUT2D eigenvalue weighted by Gasteiger charge is 2.36. The zero-order valence-electron chi connectivity index (χ0n) is 23.1. The van der Waals surface area contributed by atoms with E-state index in [0.717, 1.165) is 16.2 Å². The fraction of sp³-hybridized carbons (Fsp3) is 0.444. The molecule has 0 unspecified atom stereocenters. The van der Waals surface area contributed by atoms with Crippen LogP contribution in [0.3, 0.4) is 0 Å². The van der Waals surface area contributed by atoms with E-state index in [1.165, 1.54) is 11.0 Å². The Morgan fingerprint density at radius 1 is 1.12 bits per heavy atom. The molecule has 2 saturated heterocycles. The molecule has 3 heterocycles. The number of cyclic esters (lactones) is 1. The molecule has 0 spiro atoms. The number of thiophene rings is 1. The van der Waals surface area contributed by atoms with Gasteiger partial charge in [0.25, 0.3) is 11.8 Å². The van der Waals surface area contributed by atoms with Gasteiger partial charge in [-0.1, -0.05) is 11.6 Å². The molecule has 2 aliphatic heterocycles. The highest BCUT2D eigenvalue weighted by molar-refractivity contribution is 7.18.